The van der Waals surface area contributed by atoms with E-state index >= 15 is 0 Å². The Bertz CT molecular complexity index is 1290. The third-order valence-electron chi connectivity index (χ3n) is 6.32. The number of benzene rings is 1. The molecule has 34 heavy (non-hydrogen) atoms. The van der Waals surface area contributed by atoms with Crippen LogP contribution in [0.15, 0.2) is 41.3 Å². The van der Waals surface area contributed by atoms with Crippen LogP contribution in [-0.4, -0.2) is 59.8 Å². The summed E-state index contributed by atoms with van der Waals surface area (Å²) in [6, 6.07) is 8.21. The fraction of sp³-hybridized carbons (Fsp3) is 0.360. The molecule has 0 radical (unpaired) electrons. The van der Waals surface area contributed by atoms with Crippen molar-refractivity contribution in [1.82, 2.24) is 19.4 Å². The molecule has 1 saturated heterocycles. The minimum Gasteiger partial charge on any atom is -0.494 e. The zero-order valence-electron chi connectivity index (χ0n) is 19.7. The summed E-state index contributed by atoms with van der Waals surface area (Å²) in [4.78, 5) is 30.4. The van der Waals surface area contributed by atoms with Crippen LogP contribution in [0.2, 0.25) is 0 Å². The van der Waals surface area contributed by atoms with Crippen LogP contribution in [0.5, 0.6) is 5.75 Å². The molecule has 1 aliphatic rings. The van der Waals surface area contributed by atoms with Crippen molar-refractivity contribution in [1.29, 1.82) is 0 Å². The Labute approximate surface area is 198 Å². The first kappa shape index (κ1) is 23.4. The van der Waals surface area contributed by atoms with Crippen molar-refractivity contribution in [3.8, 4) is 28.1 Å². The zero-order valence-corrected chi connectivity index (χ0v) is 19.7. The molecule has 3 heterocycles. The molecule has 4 rings (SSSR count). The minimum absolute atomic E-state index is 0.0959. The molecule has 0 atom stereocenters. The molecule has 1 fully saturated rings. The molecule has 176 valence electrons. The van der Waals surface area contributed by atoms with Crippen molar-refractivity contribution >= 4 is 11.8 Å². The largest absolute Gasteiger partial charge is 0.494 e. The number of ether oxygens (including phenoxy) is 1. The first-order chi connectivity index (χ1) is 16.3. The van der Waals surface area contributed by atoms with Gasteiger partial charge in [0.25, 0.3) is 11.4 Å². The Morgan fingerprint density at radius 3 is 2.44 bits per heavy atom. The van der Waals surface area contributed by atoms with E-state index in [1.54, 1.807) is 25.2 Å². The van der Waals surface area contributed by atoms with Gasteiger partial charge in [0.2, 0.25) is 5.95 Å². The molecule has 0 spiro atoms. The highest BCUT2D eigenvalue weighted by atomic mass is 19.1. The van der Waals surface area contributed by atoms with Gasteiger partial charge in [-0.25, -0.2) is 9.37 Å². The highest BCUT2D eigenvalue weighted by Gasteiger charge is 2.26. The van der Waals surface area contributed by atoms with E-state index in [9.17, 15) is 9.18 Å². The summed E-state index contributed by atoms with van der Waals surface area (Å²) in [6.07, 6.45) is 3.45. The number of aromatic nitrogens is 3. The first-order valence-electron chi connectivity index (χ1n) is 11.0. The average molecular weight is 463 g/mol. The van der Waals surface area contributed by atoms with Gasteiger partial charge >= 0.3 is 0 Å². The third-order valence-corrected chi connectivity index (χ3v) is 6.32. The third kappa shape index (κ3) is 4.37. The number of pyridine rings is 1. The maximum absolute atomic E-state index is 14.6. The van der Waals surface area contributed by atoms with Crippen LogP contribution in [0.1, 0.15) is 12.8 Å². The Morgan fingerprint density at radius 2 is 1.88 bits per heavy atom. The molecular formula is C25H27FN6O2. The molecule has 0 unspecified atom stereocenters. The molecule has 2 aromatic heterocycles. The van der Waals surface area contributed by atoms with Gasteiger partial charge in [-0.3, -0.25) is 9.36 Å². The minimum atomic E-state index is -0.565. The quantitative estimate of drug-likeness (QED) is 0.538. The van der Waals surface area contributed by atoms with E-state index in [4.69, 9.17) is 16.3 Å². The van der Waals surface area contributed by atoms with Crippen LogP contribution in [0.3, 0.4) is 0 Å². The standard InChI is InChI=1S/C25H27FN6O2/c1-27-21-9-7-17(15-28-21)23-22(16-6-8-20(34-5)19(26)14-16)24(33)31(4)25(29-23)32-12-10-18(11-13-32)30(2)3/h6-9,14-15,18H,10-13H2,2-5H3. The number of anilines is 1. The number of rotatable bonds is 5. The van der Waals surface area contributed by atoms with Crippen LogP contribution < -0.4 is 15.2 Å². The van der Waals surface area contributed by atoms with E-state index in [0.29, 0.717) is 28.8 Å². The van der Waals surface area contributed by atoms with Gasteiger partial charge in [-0.05, 0) is 50.7 Å². The van der Waals surface area contributed by atoms with Crippen molar-refractivity contribution in [2.24, 2.45) is 7.05 Å². The SMILES string of the molecule is [C-]#[N+]c1ccc(-c2nc(N3CCC(N(C)C)CC3)n(C)c(=O)c2-c2ccc(OC)c(F)c2)cn1. The molecule has 1 aliphatic heterocycles. The Hall–Kier alpha value is -3.77. The summed E-state index contributed by atoms with van der Waals surface area (Å²) in [7, 11) is 7.24. The lowest BCUT2D eigenvalue weighted by Gasteiger charge is -2.36. The van der Waals surface area contributed by atoms with Crippen LogP contribution in [0.25, 0.3) is 27.2 Å². The maximum Gasteiger partial charge on any atom is 0.269 e. The molecule has 0 saturated carbocycles. The van der Waals surface area contributed by atoms with Crippen molar-refractivity contribution in [2.75, 3.05) is 39.2 Å². The van der Waals surface area contributed by atoms with E-state index in [-0.39, 0.29) is 22.7 Å². The Balaban J connectivity index is 1.87. The maximum atomic E-state index is 14.6. The van der Waals surface area contributed by atoms with E-state index < -0.39 is 5.82 Å². The predicted molar refractivity (Wildman–Crippen MR) is 130 cm³/mol. The van der Waals surface area contributed by atoms with Crippen LogP contribution >= 0.6 is 0 Å². The lowest BCUT2D eigenvalue weighted by molar-refractivity contribution is 0.248. The van der Waals surface area contributed by atoms with Crippen LogP contribution in [0, 0.1) is 12.4 Å². The molecule has 0 amide bonds. The first-order valence-corrected chi connectivity index (χ1v) is 11.0. The van der Waals surface area contributed by atoms with Crippen molar-refractivity contribution in [3.05, 3.63) is 64.1 Å². The van der Waals surface area contributed by atoms with Gasteiger partial charge in [-0.2, -0.15) is 0 Å². The highest BCUT2D eigenvalue weighted by molar-refractivity contribution is 5.81. The molecule has 1 aromatic carbocycles. The number of methoxy groups -OCH3 is 1. The second kappa shape index (κ2) is 9.61. The lowest BCUT2D eigenvalue weighted by Crippen LogP contribution is -2.44. The summed E-state index contributed by atoms with van der Waals surface area (Å²) in [6.45, 7) is 8.71. The van der Waals surface area contributed by atoms with Gasteiger partial charge in [-0.15, -0.1) is 4.98 Å². The Kier molecular flexibility index (Phi) is 6.61. The monoisotopic (exact) mass is 462 g/mol. The van der Waals surface area contributed by atoms with E-state index in [2.05, 4.69) is 33.7 Å². The molecule has 0 N–H and O–H groups in total. The molecule has 3 aromatic rings. The van der Waals surface area contributed by atoms with Gasteiger partial charge in [0, 0.05) is 31.7 Å². The highest BCUT2D eigenvalue weighted by Crippen LogP contribution is 2.32. The fourth-order valence-corrected chi connectivity index (χ4v) is 4.34. The van der Waals surface area contributed by atoms with Crippen molar-refractivity contribution < 1.29 is 9.13 Å². The van der Waals surface area contributed by atoms with E-state index in [1.807, 2.05) is 0 Å². The zero-order chi connectivity index (χ0) is 24.4. The topological polar surface area (TPSA) is 67.9 Å². The average Bonchev–Trinajstić information content (AvgIpc) is 2.85. The van der Waals surface area contributed by atoms with Gasteiger partial charge in [0.05, 0.1) is 18.4 Å². The second-order valence-corrected chi connectivity index (χ2v) is 8.55. The van der Waals surface area contributed by atoms with Crippen LogP contribution in [0.4, 0.5) is 16.2 Å². The fourth-order valence-electron chi connectivity index (χ4n) is 4.34. The molecule has 8 nitrogen and oxygen atoms in total. The number of hydrogen-bond donors (Lipinski definition) is 0. The number of hydrogen-bond acceptors (Lipinski definition) is 6. The molecular weight excluding hydrogens is 435 g/mol. The second-order valence-electron chi connectivity index (χ2n) is 8.55. The summed E-state index contributed by atoms with van der Waals surface area (Å²) in [5.41, 5.74) is 1.37. The summed E-state index contributed by atoms with van der Waals surface area (Å²) >= 11 is 0. The van der Waals surface area contributed by atoms with Gasteiger partial charge in [-0.1, -0.05) is 18.7 Å². The predicted octanol–water partition coefficient (Wildman–Crippen LogP) is 3.74. The van der Waals surface area contributed by atoms with Gasteiger partial charge in [0.1, 0.15) is 6.20 Å². The normalized spacial score (nSPS) is 14.3. The van der Waals surface area contributed by atoms with Gasteiger partial charge < -0.3 is 19.4 Å². The summed E-state index contributed by atoms with van der Waals surface area (Å²) < 4.78 is 21.1. The van der Waals surface area contributed by atoms with Crippen LogP contribution in [-0.2, 0) is 7.05 Å². The summed E-state index contributed by atoms with van der Waals surface area (Å²) in [5.74, 6) is 0.336. The van der Waals surface area contributed by atoms with Crippen molar-refractivity contribution in [3.63, 3.8) is 0 Å². The Morgan fingerprint density at radius 1 is 1.18 bits per heavy atom. The number of piperidine rings is 1. The van der Waals surface area contributed by atoms with E-state index in [0.717, 1.165) is 25.9 Å². The number of nitrogens with zero attached hydrogens (tertiary/aromatic N) is 6. The molecule has 9 heteroatoms. The van der Waals surface area contributed by atoms with E-state index in [1.165, 1.54) is 30.0 Å². The molecule has 0 bridgehead atoms. The number of halogens is 1. The summed E-state index contributed by atoms with van der Waals surface area (Å²) in [5, 5.41) is 0. The van der Waals surface area contributed by atoms with Gasteiger partial charge in [0.15, 0.2) is 11.6 Å². The van der Waals surface area contributed by atoms with Crippen molar-refractivity contribution in [2.45, 2.75) is 18.9 Å². The molecule has 0 aliphatic carbocycles. The smallest absolute Gasteiger partial charge is 0.269 e. The lowest BCUT2D eigenvalue weighted by atomic mass is 10.0.